The number of methoxy groups -OCH3 is 1. The van der Waals surface area contributed by atoms with Crippen LogP contribution in [0.15, 0.2) is 35.9 Å². The van der Waals surface area contributed by atoms with Crippen molar-refractivity contribution in [3.8, 4) is 0 Å². The largest absolute Gasteiger partial charge is 0.457 e. The number of carbonyl (C=O) groups excluding carboxylic acids is 2. The minimum atomic E-state index is -0.536. The summed E-state index contributed by atoms with van der Waals surface area (Å²) in [5.74, 6) is 0.0134. The van der Waals surface area contributed by atoms with Gasteiger partial charge in [0.25, 0.3) is 0 Å². The first-order valence-corrected chi connectivity index (χ1v) is 12.9. The van der Waals surface area contributed by atoms with Crippen LogP contribution in [0.1, 0.15) is 77.3 Å². The Balaban J connectivity index is 2.08. The van der Waals surface area contributed by atoms with Crippen molar-refractivity contribution in [2.45, 2.75) is 84.2 Å². The number of rotatable bonds is 10. The molecule has 6 heteroatoms. The van der Waals surface area contributed by atoms with E-state index in [2.05, 4.69) is 51.1 Å². The third kappa shape index (κ3) is 10.6. The number of hydrogen-bond acceptors (Lipinski definition) is 6. The van der Waals surface area contributed by atoms with Crippen molar-refractivity contribution in [2.24, 2.45) is 5.92 Å². The Bertz CT molecular complexity index is 828. The van der Waals surface area contributed by atoms with Crippen LogP contribution in [0.25, 0.3) is 0 Å². The van der Waals surface area contributed by atoms with E-state index >= 15 is 0 Å². The second-order valence-electron chi connectivity index (χ2n) is 10.1. The van der Waals surface area contributed by atoms with E-state index in [1.54, 1.807) is 7.11 Å². The lowest BCUT2D eigenvalue weighted by molar-refractivity contribution is -0.148. The zero-order valence-corrected chi connectivity index (χ0v) is 22.3. The standard InChI is InChI=1S/C29H44O6/c1-6-23(20-34-21-33-16-15-32-5)17-22(2)27-19-26(30)13-14-29(3,4)25-11-7-9-24(18-25)10-8-12-28(31)35-27/h7,9,11,17-18,23,27H,6,8,10,12-16,19-21H2,1-5H3/b22-17-/t23?,27-/m0/s1. The van der Waals surface area contributed by atoms with Crippen LogP contribution in [-0.2, 0) is 40.4 Å². The molecule has 0 radical (unpaired) electrons. The molecule has 0 N–H and O–H groups in total. The quantitative estimate of drug-likeness (QED) is 0.186. The molecule has 196 valence electrons. The maximum absolute atomic E-state index is 13.0. The topological polar surface area (TPSA) is 71.1 Å². The third-order valence-electron chi connectivity index (χ3n) is 6.73. The zero-order valence-electron chi connectivity index (χ0n) is 22.3. The number of esters is 1. The summed E-state index contributed by atoms with van der Waals surface area (Å²) in [6.07, 6.45) is 5.73. The summed E-state index contributed by atoms with van der Waals surface area (Å²) < 4.78 is 21.8. The van der Waals surface area contributed by atoms with Crippen molar-refractivity contribution >= 4 is 11.8 Å². The highest BCUT2D eigenvalue weighted by Gasteiger charge is 2.26. The number of Topliss-reactive ketones (excluding diaryl/α,β-unsaturated/α-hetero) is 1. The SMILES string of the molecule is CCC(/C=C(/C)[C@@H]1CC(=O)CCC(C)(C)c2cccc(c2)CCCC(=O)O1)COCOCCOC. The minimum Gasteiger partial charge on any atom is -0.457 e. The summed E-state index contributed by atoms with van der Waals surface area (Å²) in [5.41, 5.74) is 3.27. The van der Waals surface area contributed by atoms with Crippen LogP contribution in [0.5, 0.6) is 0 Å². The van der Waals surface area contributed by atoms with Gasteiger partial charge in [-0.15, -0.1) is 0 Å². The zero-order chi connectivity index (χ0) is 25.7. The highest BCUT2D eigenvalue weighted by Crippen LogP contribution is 2.30. The van der Waals surface area contributed by atoms with Crippen LogP contribution in [0, 0.1) is 5.92 Å². The molecule has 0 fully saturated rings. The first-order chi connectivity index (χ1) is 16.7. The third-order valence-corrected chi connectivity index (χ3v) is 6.73. The first kappa shape index (κ1) is 29.2. The van der Waals surface area contributed by atoms with Crippen LogP contribution in [-0.4, -0.2) is 51.6 Å². The van der Waals surface area contributed by atoms with E-state index < -0.39 is 6.10 Å². The molecule has 0 saturated carbocycles. The van der Waals surface area contributed by atoms with Crippen LogP contribution in [0.4, 0.5) is 0 Å². The molecular formula is C29H44O6. The van der Waals surface area contributed by atoms with Gasteiger partial charge in [0.05, 0.1) is 19.8 Å². The molecule has 1 aromatic carbocycles. The van der Waals surface area contributed by atoms with Gasteiger partial charge in [0.15, 0.2) is 0 Å². The van der Waals surface area contributed by atoms with Gasteiger partial charge in [-0.1, -0.05) is 51.1 Å². The van der Waals surface area contributed by atoms with E-state index in [0.29, 0.717) is 32.7 Å². The molecule has 1 aliphatic rings. The lowest BCUT2D eigenvalue weighted by Crippen LogP contribution is -2.25. The predicted octanol–water partition coefficient (Wildman–Crippen LogP) is 5.56. The lowest BCUT2D eigenvalue weighted by Gasteiger charge is -2.27. The average molecular weight is 489 g/mol. The van der Waals surface area contributed by atoms with E-state index in [0.717, 1.165) is 31.3 Å². The lowest BCUT2D eigenvalue weighted by atomic mass is 9.79. The van der Waals surface area contributed by atoms with E-state index in [9.17, 15) is 9.59 Å². The Morgan fingerprint density at radius 1 is 1.17 bits per heavy atom. The number of cyclic esters (lactones) is 1. The van der Waals surface area contributed by atoms with E-state index in [1.165, 1.54) is 11.1 Å². The molecule has 0 aromatic heterocycles. The number of ketones is 1. The predicted molar refractivity (Wildman–Crippen MR) is 137 cm³/mol. The Morgan fingerprint density at radius 2 is 1.97 bits per heavy atom. The fraction of sp³-hybridized carbons (Fsp3) is 0.655. The number of hydrogen-bond donors (Lipinski definition) is 0. The summed E-state index contributed by atoms with van der Waals surface area (Å²) >= 11 is 0. The fourth-order valence-corrected chi connectivity index (χ4v) is 4.23. The van der Waals surface area contributed by atoms with E-state index in [-0.39, 0.29) is 36.3 Å². The molecule has 2 bridgehead atoms. The van der Waals surface area contributed by atoms with E-state index in [4.69, 9.17) is 18.9 Å². The fourth-order valence-electron chi connectivity index (χ4n) is 4.23. The van der Waals surface area contributed by atoms with Gasteiger partial charge < -0.3 is 18.9 Å². The Hall–Kier alpha value is -2.02. The number of benzene rings is 1. The molecule has 0 saturated heterocycles. The molecule has 0 spiro atoms. The van der Waals surface area contributed by atoms with Crippen molar-refractivity contribution in [3.05, 3.63) is 47.0 Å². The van der Waals surface area contributed by atoms with Gasteiger partial charge >= 0.3 is 5.97 Å². The summed E-state index contributed by atoms with van der Waals surface area (Å²) in [5, 5.41) is 0. The smallest absolute Gasteiger partial charge is 0.306 e. The van der Waals surface area contributed by atoms with Gasteiger partial charge in [-0.3, -0.25) is 9.59 Å². The second-order valence-corrected chi connectivity index (χ2v) is 10.1. The molecule has 1 aliphatic heterocycles. The van der Waals surface area contributed by atoms with Gasteiger partial charge in [0.1, 0.15) is 18.7 Å². The molecular weight excluding hydrogens is 444 g/mol. The Kier molecular flexibility index (Phi) is 12.7. The van der Waals surface area contributed by atoms with Crippen molar-refractivity contribution < 1.29 is 28.5 Å². The average Bonchev–Trinajstić information content (AvgIpc) is 2.83. The maximum Gasteiger partial charge on any atom is 0.306 e. The van der Waals surface area contributed by atoms with Gasteiger partial charge in [0.2, 0.25) is 0 Å². The first-order valence-electron chi connectivity index (χ1n) is 12.9. The summed E-state index contributed by atoms with van der Waals surface area (Å²) in [6, 6.07) is 8.53. The molecule has 1 unspecified atom stereocenters. The molecule has 35 heavy (non-hydrogen) atoms. The molecule has 0 amide bonds. The Morgan fingerprint density at radius 3 is 2.71 bits per heavy atom. The van der Waals surface area contributed by atoms with Crippen molar-refractivity contribution in [2.75, 3.05) is 33.7 Å². The number of ether oxygens (including phenoxy) is 4. The summed E-state index contributed by atoms with van der Waals surface area (Å²) in [4.78, 5) is 25.6. The van der Waals surface area contributed by atoms with Crippen LogP contribution in [0.2, 0.25) is 0 Å². The normalized spacial score (nSPS) is 20.7. The van der Waals surface area contributed by atoms with Crippen molar-refractivity contribution in [1.82, 2.24) is 0 Å². The monoisotopic (exact) mass is 488 g/mol. The van der Waals surface area contributed by atoms with Crippen LogP contribution < -0.4 is 0 Å². The number of carbonyl (C=O) groups is 2. The van der Waals surface area contributed by atoms with Crippen LogP contribution >= 0.6 is 0 Å². The number of aryl methyl sites for hydroxylation is 1. The van der Waals surface area contributed by atoms with Gasteiger partial charge in [-0.25, -0.2) is 0 Å². The van der Waals surface area contributed by atoms with Gasteiger partial charge in [-0.05, 0) is 54.7 Å². The molecule has 0 aliphatic carbocycles. The number of fused-ring (bicyclic) bond motifs is 2. The second kappa shape index (κ2) is 15.2. The van der Waals surface area contributed by atoms with Gasteiger partial charge in [0, 0.05) is 32.3 Å². The van der Waals surface area contributed by atoms with Gasteiger partial charge in [-0.2, -0.15) is 0 Å². The van der Waals surface area contributed by atoms with Crippen molar-refractivity contribution in [3.63, 3.8) is 0 Å². The highest BCUT2D eigenvalue weighted by molar-refractivity contribution is 5.80. The molecule has 2 rings (SSSR count). The summed E-state index contributed by atoms with van der Waals surface area (Å²) in [7, 11) is 1.63. The molecule has 1 heterocycles. The molecule has 2 atom stereocenters. The Labute approximate surface area is 211 Å². The summed E-state index contributed by atoms with van der Waals surface area (Å²) in [6.45, 7) is 10.2. The van der Waals surface area contributed by atoms with Crippen LogP contribution in [0.3, 0.4) is 0 Å². The molecule has 1 aromatic rings. The molecule has 6 nitrogen and oxygen atoms in total. The minimum absolute atomic E-state index is 0.0944. The highest BCUT2D eigenvalue weighted by atomic mass is 16.7. The maximum atomic E-state index is 13.0. The van der Waals surface area contributed by atoms with E-state index in [1.807, 2.05) is 6.92 Å². The van der Waals surface area contributed by atoms with Crippen molar-refractivity contribution in [1.29, 1.82) is 0 Å².